The van der Waals surface area contributed by atoms with Gasteiger partial charge in [-0.15, -0.1) is 5.10 Å². The van der Waals surface area contributed by atoms with Crippen molar-refractivity contribution in [1.29, 1.82) is 0 Å². The van der Waals surface area contributed by atoms with Crippen LogP contribution in [0.4, 0.5) is 17.2 Å². The lowest BCUT2D eigenvalue weighted by atomic mass is 9.97. The quantitative estimate of drug-likeness (QED) is 0.530. The molecule has 142 valence electrons. The normalized spacial score (nSPS) is 15.8. The number of aromatic nitrogens is 4. The monoisotopic (exact) mass is 380 g/mol. The highest BCUT2D eigenvalue weighted by Crippen LogP contribution is 2.58. The Labute approximate surface area is 159 Å². The van der Waals surface area contributed by atoms with E-state index in [9.17, 15) is 10.1 Å². The molecule has 0 saturated heterocycles. The van der Waals surface area contributed by atoms with Crippen LogP contribution < -0.4 is 14.8 Å². The predicted molar refractivity (Wildman–Crippen MR) is 98.1 cm³/mol. The van der Waals surface area contributed by atoms with Crippen molar-refractivity contribution < 1.29 is 14.4 Å². The topological polar surface area (TPSA) is 117 Å². The zero-order valence-corrected chi connectivity index (χ0v) is 15.0. The first-order chi connectivity index (χ1) is 13.5. The molecule has 10 nitrogen and oxygen atoms in total. The molecule has 1 saturated carbocycles. The molecule has 3 aromatic rings. The van der Waals surface area contributed by atoms with Gasteiger partial charge < -0.3 is 14.8 Å². The fourth-order valence-corrected chi connectivity index (χ4v) is 3.44. The van der Waals surface area contributed by atoms with E-state index >= 15 is 0 Å². The standard InChI is InChI=1S/C18H16N6O4/c1-23-9-12(24(25)26)16(22-23)21-11-7-19-17(20-8-11)28-14-4-2-3-13-15(14)18(5-6-18)10-27-13/h2-4,7-9H,5-6,10H2,1H3,(H,21,22). The average Bonchev–Trinajstić information content (AvgIpc) is 3.22. The van der Waals surface area contributed by atoms with Gasteiger partial charge in [0.1, 0.15) is 17.7 Å². The number of benzene rings is 1. The molecule has 2 aliphatic rings. The summed E-state index contributed by atoms with van der Waals surface area (Å²) in [5.41, 5.74) is 1.50. The molecule has 1 spiro atoms. The number of aryl methyl sites for hydroxylation is 1. The summed E-state index contributed by atoms with van der Waals surface area (Å²) in [7, 11) is 1.61. The lowest BCUT2D eigenvalue weighted by molar-refractivity contribution is -0.384. The van der Waals surface area contributed by atoms with E-state index in [2.05, 4.69) is 20.4 Å². The zero-order valence-electron chi connectivity index (χ0n) is 15.0. The van der Waals surface area contributed by atoms with Crippen LogP contribution in [0.2, 0.25) is 0 Å². The number of hydrogen-bond acceptors (Lipinski definition) is 8. The third kappa shape index (κ3) is 2.70. The molecule has 0 bridgehead atoms. The second-order valence-electron chi connectivity index (χ2n) is 6.97. The lowest BCUT2D eigenvalue weighted by Gasteiger charge is -2.11. The van der Waals surface area contributed by atoms with Crippen molar-refractivity contribution >= 4 is 17.2 Å². The first-order valence-corrected chi connectivity index (χ1v) is 8.75. The van der Waals surface area contributed by atoms with Crippen molar-refractivity contribution in [2.24, 2.45) is 7.05 Å². The molecule has 2 aromatic heterocycles. The molecule has 1 aliphatic heterocycles. The Morgan fingerprint density at radius 1 is 1.32 bits per heavy atom. The Kier molecular flexibility index (Phi) is 3.48. The Morgan fingerprint density at radius 2 is 2.11 bits per heavy atom. The van der Waals surface area contributed by atoms with Crippen molar-refractivity contribution in [3.63, 3.8) is 0 Å². The fourth-order valence-electron chi connectivity index (χ4n) is 3.44. The highest BCUT2D eigenvalue weighted by Gasteiger charge is 2.52. The van der Waals surface area contributed by atoms with Crippen molar-refractivity contribution in [2.75, 3.05) is 11.9 Å². The third-order valence-electron chi connectivity index (χ3n) is 4.97. The van der Waals surface area contributed by atoms with Crippen molar-refractivity contribution in [2.45, 2.75) is 18.3 Å². The number of rotatable bonds is 5. The van der Waals surface area contributed by atoms with Gasteiger partial charge in [-0.1, -0.05) is 6.07 Å². The largest absolute Gasteiger partial charge is 0.492 e. The fraction of sp³-hybridized carbons (Fsp3) is 0.278. The number of nitro groups is 1. The molecule has 1 fully saturated rings. The van der Waals surface area contributed by atoms with Crippen LogP contribution >= 0.6 is 0 Å². The molecule has 0 radical (unpaired) electrons. The first-order valence-electron chi connectivity index (χ1n) is 8.75. The molecular weight excluding hydrogens is 364 g/mol. The highest BCUT2D eigenvalue weighted by molar-refractivity contribution is 5.63. The van der Waals surface area contributed by atoms with Crippen LogP contribution in [0.5, 0.6) is 17.5 Å². The average molecular weight is 380 g/mol. The minimum atomic E-state index is -0.501. The number of ether oxygens (including phenoxy) is 2. The van der Waals surface area contributed by atoms with E-state index < -0.39 is 4.92 Å². The van der Waals surface area contributed by atoms with E-state index in [1.165, 1.54) is 23.3 Å². The smallest absolute Gasteiger partial charge is 0.331 e. The summed E-state index contributed by atoms with van der Waals surface area (Å²) < 4.78 is 13.1. The van der Waals surface area contributed by atoms with Gasteiger partial charge in [0.15, 0.2) is 0 Å². The maximum atomic E-state index is 11.1. The second kappa shape index (κ2) is 5.91. The zero-order chi connectivity index (χ0) is 19.3. The van der Waals surface area contributed by atoms with Gasteiger partial charge in [-0.3, -0.25) is 14.8 Å². The van der Waals surface area contributed by atoms with Gasteiger partial charge in [-0.2, -0.15) is 0 Å². The molecule has 0 atom stereocenters. The van der Waals surface area contributed by atoms with Gasteiger partial charge in [-0.25, -0.2) is 9.97 Å². The molecule has 10 heteroatoms. The van der Waals surface area contributed by atoms with Gasteiger partial charge in [0.05, 0.1) is 29.6 Å². The Bertz CT molecular complexity index is 1070. The van der Waals surface area contributed by atoms with E-state index in [0.29, 0.717) is 18.0 Å². The molecule has 1 aliphatic carbocycles. The van der Waals surface area contributed by atoms with E-state index in [-0.39, 0.29) is 22.9 Å². The summed E-state index contributed by atoms with van der Waals surface area (Å²) in [5.74, 6) is 1.68. The number of nitrogens with zero attached hydrogens (tertiary/aromatic N) is 5. The van der Waals surface area contributed by atoms with E-state index in [1.54, 1.807) is 7.05 Å². The van der Waals surface area contributed by atoms with Gasteiger partial charge in [0, 0.05) is 18.0 Å². The van der Waals surface area contributed by atoms with E-state index in [1.807, 2.05) is 18.2 Å². The molecule has 1 aromatic carbocycles. The molecular formula is C18H16N6O4. The van der Waals surface area contributed by atoms with Crippen LogP contribution in [0.15, 0.2) is 36.8 Å². The molecule has 1 N–H and O–H groups in total. The summed E-state index contributed by atoms with van der Waals surface area (Å²) in [6, 6.07) is 5.91. The maximum Gasteiger partial charge on any atom is 0.331 e. The summed E-state index contributed by atoms with van der Waals surface area (Å²) in [6.07, 6.45) is 6.49. The number of fused-ring (bicyclic) bond motifs is 2. The molecule has 28 heavy (non-hydrogen) atoms. The van der Waals surface area contributed by atoms with Crippen molar-refractivity contribution in [1.82, 2.24) is 19.7 Å². The van der Waals surface area contributed by atoms with Crippen LogP contribution in [0.3, 0.4) is 0 Å². The Balaban J connectivity index is 1.36. The predicted octanol–water partition coefficient (Wildman–Crippen LogP) is 3.08. The van der Waals surface area contributed by atoms with Crippen LogP contribution in [0.25, 0.3) is 0 Å². The van der Waals surface area contributed by atoms with Crippen LogP contribution in [0, 0.1) is 10.1 Å². The Morgan fingerprint density at radius 3 is 2.82 bits per heavy atom. The van der Waals surface area contributed by atoms with Crippen LogP contribution in [-0.2, 0) is 12.5 Å². The molecule has 5 rings (SSSR count). The van der Waals surface area contributed by atoms with Crippen molar-refractivity contribution in [3.8, 4) is 17.5 Å². The summed E-state index contributed by atoms with van der Waals surface area (Å²) in [4.78, 5) is 19.0. The minimum absolute atomic E-state index is 0.0747. The second-order valence-corrected chi connectivity index (χ2v) is 6.97. The van der Waals surface area contributed by atoms with Gasteiger partial charge >= 0.3 is 11.7 Å². The molecule has 3 heterocycles. The summed E-state index contributed by atoms with van der Waals surface area (Å²) in [6.45, 7) is 0.690. The summed E-state index contributed by atoms with van der Waals surface area (Å²) >= 11 is 0. The van der Waals surface area contributed by atoms with Crippen molar-refractivity contribution in [3.05, 3.63) is 52.5 Å². The number of hydrogen-bond donors (Lipinski definition) is 1. The lowest BCUT2D eigenvalue weighted by Crippen LogP contribution is -2.08. The van der Waals surface area contributed by atoms with Gasteiger partial charge in [0.2, 0.25) is 5.82 Å². The van der Waals surface area contributed by atoms with Crippen LogP contribution in [0.1, 0.15) is 18.4 Å². The Hall–Kier alpha value is -3.69. The minimum Gasteiger partial charge on any atom is -0.492 e. The van der Waals surface area contributed by atoms with Gasteiger partial charge in [-0.05, 0) is 25.0 Å². The van der Waals surface area contributed by atoms with Gasteiger partial charge in [0.25, 0.3) is 0 Å². The van der Waals surface area contributed by atoms with E-state index in [4.69, 9.17) is 9.47 Å². The third-order valence-corrected chi connectivity index (χ3v) is 4.97. The molecule has 0 unspecified atom stereocenters. The molecule has 0 amide bonds. The number of anilines is 2. The number of nitrogens with one attached hydrogen (secondary N) is 1. The van der Waals surface area contributed by atoms with Crippen LogP contribution in [-0.4, -0.2) is 31.3 Å². The maximum absolute atomic E-state index is 11.1. The SMILES string of the molecule is Cn1cc([N+](=O)[O-])c(Nc2cnc(Oc3cccc4c3C3(CC3)CO4)nc2)n1. The first kappa shape index (κ1) is 16.5. The summed E-state index contributed by atoms with van der Waals surface area (Å²) in [5, 5.41) is 18.0. The van der Waals surface area contributed by atoms with E-state index in [0.717, 1.165) is 24.2 Å². The highest BCUT2D eigenvalue weighted by atomic mass is 16.6.